The van der Waals surface area contributed by atoms with Crippen molar-refractivity contribution in [3.05, 3.63) is 24.3 Å². The highest BCUT2D eigenvalue weighted by molar-refractivity contribution is 5.97. The minimum atomic E-state index is -1.09. The van der Waals surface area contributed by atoms with Crippen LogP contribution in [-0.2, 0) is 14.3 Å². The molecule has 6 heteroatoms. The molecule has 0 aliphatic carbocycles. The molecule has 1 rings (SSSR count). The van der Waals surface area contributed by atoms with Crippen molar-refractivity contribution in [3.8, 4) is 5.75 Å². The predicted molar refractivity (Wildman–Crippen MR) is 73.8 cm³/mol. The Morgan fingerprint density at radius 2 is 1.90 bits per heavy atom. The average Bonchev–Trinajstić information content (AvgIpc) is 2.42. The van der Waals surface area contributed by atoms with Crippen LogP contribution in [-0.4, -0.2) is 41.8 Å². The largest absolute Gasteiger partial charge is 0.508 e. The predicted octanol–water partition coefficient (Wildman–Crippen LogP) is 1.63. The number of aromatic hydroxyl groups is 1. The smallest absolute Gasteiger partial charge is 0.323 e. The molecule has 6 nitrogen and oxygen atoms in total. The summed E-state index contributed by atoms with van der Waals surface area (Å²) in [6.07, 6.45) is 0.759. The van der Waals surface area contributed by atoms with Crippen LogP contribution in [0.1, 0.15) is 19.8 Å². The number of hydrogen-bond donors (Lipinski definition) is 2. The van der Waals surface area contributed by atoms with Crippen LogP contribution in [0.2, 0.25) is 0 Å². The quantitative estimate of drug-likeness (QED) is 0.707. The second-order valence-corrected chi connectivity index (χ2v) is 4.19. The number of aliphatic carboxylic acids is 1. The fourth-order valence-corrected chi connectivity index (χ4v) is 1.70. The van der Waals surface area contributed by atoms with Crippen LogP contribution >= 0.6 is 0 Å². The van der Waals surface area contributed by atoms with Gasteiger partial charge in [0, 0.05) is 25.3 Å². The third-order valence-corrected chi connectivity index (χ3v) is 2.64. The SMILES string of the molecule is CCOCCCC(=O)N(CC(=O)O)c1ccc(O)cc1. The monoisotopic (exact) mass is 281 g/mol. The fourth-order valence-electron chi connectivity index (χ4n) is 1.70. The van der Waals surface area contributed by atoms with Crippen LogP contribution in [0.5, 0.6) is 5.75 Å². The van der Waals surface area contributed by atoms with Gasteiger partial charge in [-0.2, -0.15) is 0 Å². The van der Waals surface area contributed by atoms with Gasteiger partial charge in [0.1, 0.15) is 12.3 Å². The Hall–Kier alpha value is -2.08. The second kappa shape index (κ2) is 8.16. The standard InChI is InChI=1S/C14H19NO5/c1-2-20-9-3-4-13(17)15(10-14(18)19)11-5-7-12(16)8-6-11/h5-8,16H,2-4,9-10H2,1H3,(H,18,19). The summed E-state index contributed by atoms with van der Waals surface area (Å²) < 4.78 is 5.15. The summed E-state index contributed by atoms with van der Waals surface area (Å²) in [6, 6.07) is 5.85. The van der Waals surface area contributed by atoms with Gasteiger partial charge in [0.2, 0.25) is 5.91 Å². The Bertz CT molecular complexity index is 443. The molecule has 0 heterocycles. The maximum atomic E-state index is 12.1. The number of phenolic OH excluding ortho intramolecular Hbond substituents is 1. The van der Waals surface area contributed by atoms with E-state index >= 15 is 0 Å². The van der Waals surface area contributed by atoms with E-state index in [9.17, 15) is 14.7 Å². The van der Waals surface area contributed by atoms with E-state index in [-0.39, 0.29) is 18.1 Å². The Morgan fingerprint density at radius 1 is 1.25 bits per heavy atom. The molecule has 1 aromatic rings. The number of benzene rings is 1. The second-order valence-electron chi connectivity index (χ2n) is 4.19. The zero-order valence-electron chi connectivity index (χ0n) is 11.4. The van der Waals surface area contributed by atoms with Crippen molar-refractivity contribution in [1.29, 1.82) is 0 Å². The van der Waals surface area contributed by atoms with Gasteiger partial charge in [-0.15, -0.1) is 0 Å². The van der Waals surface area contributed by atoms with Crippen molar-refractivity contribution in [3.63, 3.8) is 0 Å². The summed E-state index contributed by atoms with van der Waals surface area (Å²) in [5.74, 6) is -1.30. The van der Waals surface area contributed by atoms with E-state index in [4.69, 9.17) is 9.84 Å². The lowest BCUT2D eigenvalue weighted by molar-refractivity contribution is -0.136. The van der Waals surface area contributed by atoms with Crippen molar-refractivity contribution < 1.29 is 24.5 Å². The molecule has 0 radical (unpaired) electrons. The van der Waals surface area contributed by atoms with Crippen LogP contribution in [0.4, 0.5) is 5.69 Å². The van der Waals surface area contributed by atoms with Crippen LogP contribution in [0, 0.1) is 0 Å². The number of carboxylic acids is 1. The number of phenols is 1. The van der Waals surface area contributed by atoms with Gasteiger partial charge in [-0.05, 0) is 37.6 Å². The third-order valence-electron chi connectivity index (χ3n) is 2.64. The molecule has 0 fully saturated rings. The normalized spacial score (nSPS) is 10.2. The molecule has 2 N–H and O–H groups in total. The maximum Gasteiger partial charge on any atom is 0.323 e. The molecule has 0 aromatic heterocycles. The molecule has 0 unspecified atom stereocenters. The molecule has 0 atom stereocenters. The summed E-state index contributed by atoms with van der Waals surface area (Å²) in [6.45, 7) is 2.52. The molecule has 0 aliphatic rings. The van der Waals surface area contributed by atoms with E-state index in [1.54, 1.807) is 0 Å². The molecule has 1 amide bonds. The van der Waals surface area contributed by atoms with E-state index in [1.165, 1.54) is 29.2 Å². The van der Waals surface area contributed by atoms with Gasteiger partial charge >= 0.3 is 5.97 Å². The van der Waals surface area contributed by atoms with Gasteiger partial charge in [0.05, 0.1) is 0 Å². The number of carboxylic acid groups (broad SMARTS) is 1. The van der Waals surface area contributed by atoms with E-state index in [1.807, 2.05) is 6.92 Å². The van der Waals surface area contributed by atoms with Gasteiger partial charge in [0.15, 0.2) is 0 Å². The van der Waals surface area contributed by atoms with Crippen molar-refractivity contribution in [2.45, 2.75) is 19.8 Å². The lowest BCUT2D eigenvalue weighted by Gasteiger charge is -2.21. The maximum absolute atomic E-state index is 12.1. The van der Waals surface area contributed by atoms with E-state index in [0.29, 0.717) is 25.3 Å². The molecule has 110 valence electrons. The number of amides is 1. The van der Waals surface area contributed by atoms with Crippen molar-refractivity contribution in [2.24, 2.45) is 0 Å². The van der Waals surface area contributed by atoms with E-state index in [0.717, 1.165) is 0 Å². The number of carbonyl (C=O) groups excluding carboxylic acids is 1. The summed E-state index contributed by atoms with van der Waals surface area (Å²) in [4.78, 5) is 24.1. The van der Waals surface area contributed by atoms with E-state index in [2.05, 4.69) is 0 Å². The molecule has 0 saturated carbocycles. The number of ether oxygens (including phenoxy) is 1. The van der Waals surface area contributed by atoms with E-state index < -0.39 is 12.5 Å². The Morgan fingerprint density at radius 3 is 2.45 bits per heavy atom. The van der Waals surface area contributed by atoms with Crippen LogP contribution in [0.25, 0.3) is 0 Å². The highest BCUT2D eigenvalue weighted by atomic mass is 16.5. The molecule has 1 aromatic carbocycles. The Kier molecular flexibility index (Phi) is 6.52. The highest BCUT2D eigenvalue weighted by Gasteiger charge is 2.18. The summed E-state index contributed by atoms with van der Waals surface area (Å²) in [5.41, 5.74) is 0.451. The molecule has 0 aliphatic heterocycles. The topological polar surface area (TPSA) is 87.1 Å². The average molecular weight is 281 g/mol. The van der Waals surface area contributed by atoms with Gasteiger partial charge in [0.25, 0.3) is 0 Å². The molecule has 0 bridgehead atoms. The minimum absolute atomic E-state index is 0.0628. The summed E-state index contributed by atoms with van der Waals surface area (Å²) in [5, 5.41) is 18.1. The number of nitrogens with zero attached hydrogens (tertiary/aromatic N) is 1. The number of hydrogen-bond acceptors (Lipinski definition) is 4. The Balaban J connectivity index is 2.70. The first-order valence-corrected chi connectivity index (χ1v) is 6.43. The van der Waals surface area contributed by atoms with Gasteiger partial charge in [-0.25, -0.2) is 0 Å². The fraction of sp³-hybridized carbons (Fsp3) is 0.429. The zero-order chi connectivity index (χ0) is 15.0. The molecule has 20 heavy (non-hydrogen) atoms. The Labute approximate surface area is 117 Å². The summed E-state index contributed by atoms with van der Waals surface area (Å²) >= 11 is 0. The lowest BCUT2D eigenvalue weighted by atomic mass is 10.2. The van der Waals surface area contributed by atoms with Crippen LogP contribution in [0.15, 0.2) is 24.3 Å². The summed E-state index contributed by atoms with van der Waals surface area (Å²) in [7, 11) is 0. The van der Waals surface area contributed by atoms with Gasteiger partial charge in [-0.1, -0.05) is 0 Å². The molecule has 0 spiro atoms. The first-order valence-electron chi connectivity index (χ1n) is 6.43. The van der Waals surface area contributed by atoms with Gasteiger partial charge < -0.3 is 19.8 Å². The van der Waals surface area contributed by atoms with Crippen LogP contribution in [0.3, 0.4) is 0 Å². The third kappa shape index (κ3) is 5.27. The molecular formula is C14H19NO5. The molecular weight excluding hydrogens is 262 g/mol. The lowest BCUT2D eigenvalue weighted by Crippen LogP contribution is -2.35. The van der Waals surface area contributed by atoms with Gasteiger partial charge in [-0.3, -0.25) is 9.59 Å². The highest BCUT2D eigenvalue weighted by Crippen LogP contribution is 2.19. The number of anilines is 1. The minimum Gasteiger partial charge on any atom is -0.508 e. The van der Waals surface area contributed by atoms with Crippen molar-refractivity contribution in [2.75, 3.05) is 24.7 Å². The number of rotatable bonds is 8. The first kappa shape index (κ1) is 16.0. The van der Waals surface area contributed by atoms with Crippen molar-refractivity contribution in [1.82, 2.24) is 0 Å². The first-order chi connectivity index (χ1) is 9.54. The van der Waals surface area contributed by atoms with Crippen LogP contribution < -0.4 is 4.90 Å². The number of carbonyl (C=O) groups is 2. The van der Waals surface area contributed by atoms with Crippen molar-refractivity contribution >= 4 is 17.6 Å². The molecule has 0 saturated heterocycles. The zero-order valence-corrected chi connectivity index (χ0v) is 11.4.